The van der Waals surface area contributed by atoms with E-state index in [-0.39, 0.29) is 0 Å². The van der Waals surface area contributed by atoms with Gasteiger partial charge in [-0.3, -0.25) is 14.6 Å². The molecule has 1 aromatic heterocycles. The molecule has 1 saturated heterocycles. The van der Waals surface area contributed by atoms with Crippen molar-refractivity contribution in [3.8, 4) is 0 Å². The van der Waals surface area contributed by atoms with Crippen LogP contribution in [0.15, 0.2) is 24.5 Å². The number of nitrogens with zero attached hydrogens (tertiary/aromatic N) is 2. The summed E-state index contributed by atoms with van der Waals surface area (Å²) in [6.07, 6.45) is 4.66. The molecule has 6 nitrogen and oxygen atoms in total. The van der Waals surface area contributed by atoms with Crippen LogP contribution in [0.25, 0.3) is 0 Å². The van der Waals surface area contributed by atoms with Crippen LogP contribution in [0.4, 0.5) is 0 Å². The second-order valence-corrected chi connectivity index (χ2v) is 5.08. The minimum atomic E-state index is -1.02. The zero-order valence-corrected chi connectivity index (χ0v) is 11.1. The minimum Gasteiger partial charge on any atom is -0.481 e. The number of carboxylic acid groups (broad SMARTS) is 2. The number of aliphatic carboxylic acids is 2. The number of carbonyl (C=O) groups is 2. The van der Waals surface area contributed by atoms with E-state index in [0.717, 1.165) is 18.5 Å². The van der Waals surface area contributed by atoms with Gasteiger partial charge < -0.3 is 15.1 Å². The van der Waals surface area contributed by atoms with E-state index in [4.69, 9.17) is 10.2 Å². The fraction of sp³-hybridized carbons (Fsp3) is 0.500. The Morgan fingerprint density at radius 2 is 1.85 bits per heavy atom. The Kier molecular flexibility index (Phi) is 4.68. The van der Waals surface area contributed by atoms with Crippen molar-refractivity contribution in [3.63, 3.8) is 0 Å². The Morgan fingerprint density at radius 1 is 1.20 bits per heavy atom. The highest BCUT2D eigenvalue weighted by atomic mass is 16.4. The number of carboxylic acids is 2. The molecule has 2 atom stereocenters. The predicted molar refractivity (Wildman–Crippen MR) is 71.2 cm³/mol. The molecule has 0 radical (unpaired) electrons. The molecule has 0 spiro atoms. The molecule has 2 unspecified atom stereocenters. The Balaban J connectivity index is 1.92. The lowest BCUT2D eigenvalue weighted by atomic mass is 9.85. The predicted octanol–water partition coefficient (Wildman–Crippen LogP) is 0.731. The number of piperidine rings is 1. The molecule has 0 saturated carbocycles. The minimum absolute atomic E-state index is 0.303. The van der Waals surface area contributed by atoms with Crippen molar-refractivity contribution >= 4 is 11.9 Å². The van der Waals surface area contributed by atoms with E-state index in [1.807, 2.05) is 17.0 Å². The molecule has 1 aromatic rings. The number of hydrogen-bond acceptors (Lipinski definition) is 4. The van der Waals surface area contributed by atoms with Crippen molar-refractivity contribution in [1.29, 1.82) is 0 Å². The lowest BCUT2D eigenvalue weighted by Crippen LogP contribution is -2.47. The van der Waals surface area contributed by atoms with Gasteiger partial charge in [0, 0.05) is 25.5 Å². The maximum atomic E-state index is 11.2. The molecular formula is C14H18N2O4. The number of likely N-dealkylation sites (tertiary alicyclic amines) is 1. The van der Waals surface area contributed by atoms with Crippen LogP contribution in [0.3, 0.4) is 0 Å². The van der Waals surface area contributed by atoms with Crippen LogP contribution in [0.5, 0.6) is 0 Å². The Labute approximate surface area is 117 Å². The van der Waals surface area contributed by atoms with Crippen LogP contribution in [-0.4, -0.2) is 51.7 Å². The van der Waals surface area contributed by atoms with Gasteiger partial charge in [-0.05, 0) is 37.1 Å². The molecule has 0 aliphatic carbocycles. The summed E-state index contributed by atoms with van der Waals surface area (Å²) in [7, 11) is 0. The maximum Gasteiger partial charge on any atom is 0.308 e. The molecule has 108 valence electrons. The smallest absolute Gasteiger partial charge is 0.308 e. The van der Waals surface area contributed by atoms with Gasteiger partial charge in [-0.15, -0.1) is 0 Å². The number of rotatable bonds is 5. The van der Waals surface area contributed by atoms with E-state index >= 15 is 0 Å². The normalized spacial score (nSPS) is 23.4. The Hall–Kier alpha value is -1.95. The average molecular weight is 278 g/mol. The molecule has 1 aliphatic rings. The molecule has 2 rings (SSSR count). The second-order valence-electron chi connectivity index (χ2n) is 5.08. The highest BCUT2D eigenvalue weighted by Gasteiger charge is 2.38. The molecule has 0 aromatic carbocycles. The van der Waals surface area contributed by atoms with Crippen molar-refractivity contribution in [1.82, 2.24) is 9.88 Å². The molecule has 20 heavy (non-hydrogen) atoms. The van der Waals surface area contributed by atoms with Gasteiger partial charge in [0.2, 0.25) is 0 Å². The van der Waals surface area contributed by atoms with Gasteiger partial charge in [-0.25, -0.2) is 0 Å². The van der Waals surface area contributed by atoms with Crippen molar-refractivity contribution in [2.45, 2.75) is 12.8 Å². The van der Waals surface area contributed by atoms with E-state index < -0.39 is 23.8 Å². The summed E-state index contributed by atoms with van der Waals surface area (Å²) in [6.45, 7) is 1.67. The molecule has 6 heteroatoms. The first-order valence-electron chi connectivity index (χ1n) is 6.65. The van der Waals surface area contributed by atoms with Crippen LogP contribution in [0, 0.1) is 11.8 Å². The van der Waals surface area contributed by atoms with Crippen LogP contribution in [0.2, 0.25) is 0 Å². The zero-order valence-electron chi connectivity index (χ0n) is 11.1. The van der Waals surface area contributed by atoms with Crippen LogP contribution < -0.4 is 0 Å². The topological polar surface area (TPSA) is 90.7 Å². The van der Waals surface area contributed by atoms with Gasteiger partial charge in [0.1, 0.15) is 0 Å². The van der Waals surface area contributed by atoms with E-state index in [2.05, 4.69) is 4.98 Å². The molecule has 2 heterocycles. The summed E-state index contributed by atoms with van der Waals surface area (Å²) in [5, 5.41) is 18.2. The summed E-state index contributed by atoms with van der Waals surface area (Å²) in [5.41, 5.74) is 1.15. The molecule has 1 aliphatic heterocycles. The maximum absolute atomic E-state index is 11.2. The number of hydrogen-bond donors (Lipinski definition) is 2. The summed E-state index contributed by atoms with van der Waals surface area (Å²) < 4.78 is 0. The highest BCUT2D eigenvalue weighted by molar-refractivity contribution is 5.80. The van der Waals surface area contributed by atoms with E-state index in [9.17, 15) is 9.59 Å². The van der Waals surface area contributed by atoms with Gasteiger partial charge >= 0.3 is 11.9 Å². The van der Waals surface area contributed by atoms with Gasteiger partial charge in [-0.1, -0.05) is 0 Å². The third kappa shape index (κ3) is 3.54. The summed E-state index contributed by atoms with van der Waals surface area (Å²) in [5.74, 6) is -3.62. The standard InChI is InChI=1S/C14H18N2O4/c17-13(18)11-4-8-16(9-12(11)14(19)20)7-3-10-1-5-15-6-2-10/h1-2,5-6,11-12H,3-4,7-9H2,(H,17,18)(H,19,20). The molecule has 2 N–H and O–H groups in total. The molecule has 1 fully saturated rings. The van der Waals surface area contributed by atoms with Gasteiger partial charge in [0.15, 0.2) is 0 Å². The summed E-state index contributed by atoms with van der Waals surface area (Å²) in [6, 6.07) is 3.86. The SMILES string of the molecule is O=C(O)C1CCN(CCc2ccncc2)CC1C(=O)O. The zero-order chi connectivity index (χ0) is 14.5. The van der Waals surface area contributed by atoms with Gasteiger partial charge in [0.05, 0.1) is 11.8 Å². The van der Waals surface area contributed by atoms with Crippen molar-refractivity contribution in [2.75, 3.05) is 19.6 Å². The van der Waals surface area contributed by atoms with Crippen molar-refractivity contribution < 1.29 is 19.8 Å². The van der Waals surface area contributed by atoms with Gasteiger partial charge in [0.25, 0.3) is 0 Å². The largest absolute Gasteiger partial charge is 0.481 e. The quantitative estimate of drug-likeness (QED) is 0.825. The van der Waals surface area contributed by atoms with Gasteiger partial charge in [-0.2, -0.15) is 0 Å². The number of aromatic nitrogens is 1. The number of pyridine rings is 1. The first-order chi connectivity index (χ1) is 9.58. The first kappa shape index (κ1) is 14.5. The van der Waals surface area contributed by atoms with E-state index in [1.165, 1.54) is 0 Å². The second kappa shape index (κ2) is 6.47. The third-order valence-electron chi connectivity index (χ3n) is 3.80. The summed E-state index contributed by atoms with van der Waals surface area (Å²) in [4.78, 5) is 28.2. The average Bonchev–Trinajstić information content (AvgIpc) is 2.45. The monoisotopic (exact) mass is 278 g/mol. The highest BCUT2D eigenvalue weighted by Crippen LogP contribution is 2.24. The van der Waals surface area contributed by atoms with E-state index in [0.29, 0.717) is 19.5 Å². The fourth-order valence-electron chi connectivity index (χ4n) is 2.61. The van der Waals surface area contributed by atoms with E-state index in [1.54, 1.807) is 12.4 Å². The molecule has 0 amide bonds. The first-order valence-corrected chi connectivity index (χ1v) is 6.65. The fourth-order valence-corrected chi connectivity index (χ4v) is 2.61. The van der Waals surface area contributed by atoms with Crippen LogP contribution in [-0.2, 0) is 16.0 Å². The summed E-state index contributed by atoms with van der Waals surface area (Å²) >= 11 is 0. The third-order valence-corrected chi connectivity index (χ3v) is 3.80. The van der Waals surface area contributed by atoms with Crippen LogP contribution >= 0.6 is 0 Å². The Morgan fingerprint density at radius 3 is 2.45 bits per heavy atom. The van der Waals surface area contributed by atoms with Crippen LogP contribution in [0.1, 0.15) is 12.0 Å². The molecule has 0 bridgehead atoms. The van der Waals surface area contributed by atoms with Crippen molar-refractivity contribution in [2.24, 2.45) is 11.8 Å². The Bertz CT molecular complexity index is 477. The molecular weight excluding hydrogens is 260 g/mol. The lowest BCUT2D eigenvalue weighted by Gasteiger charge is -2.34. The van der Waals surface area contributed by atoms with Crippen molar-refractivity contribution in [3.05, 3.63) is 30.1 Å². The lowest BCUT2D eigenvalue weighted by molar-refractivity contribution is -0.157.